The number of hydrogen-bond donors (Lipinski definition) is 1. The number of halogens is 2. The van der Waals surface area contributed by atoms with E-state index >= 15 is 0 Å². The smallest absolute Gasteiger partial charge is 0.325 e. The molecule has 2 rings (SSSR count). The molecule has 1 heterocycles. The number of ether oxygens (including phenoxy) is 1. The van der Waals surface area contributed by atoms with Crippen molar-refractivity contribution < 1.29 is 14.3 Å². The number of nitrogens with zero attached hydrogens (tertiary/aromatic N) is 1. The molecule has 7 heteroatoms. The summed E-state index contributed by atoms with van der Waals surface area (Å²) in [6, 6.07) is 4.88. The van der Waals surface area contributed by atoms with Crippen LogP contribution < -0.4 is 5.32 Å². The minimum Gasteiger partial charge on any atom is -0.459 e. The fourth-order valence-electron chi connectivity index (χ4n) is 1.95. The molecule has 0 bridgehead atoms. The Hall–Kier alpha value is -1.85. The Labute approximate surface area is 143 Å². The highest BCUT2D eigenvalue weighted by Crippen LogP contribution is 2.28. The van der Waals surface area contributed by atoms with E-state index in [4.69, 9.17) is 27.9 Å². The Bertz CT molecular complexity index is 770. The number of aromatic nitrogens is 1. The van der Waals surface area contributed by atoms with Crippen molar-refractivity contribution in [3.63, 3.8) is 0 Å². The number of carbonyl (C=O) groups is 2. The summed E-state index contributed by atoms with van der Waals surface area (Å²) in [6.07, 6.45) is 1.45. The molecule has 0 fully saturated rings. The molecular weight excluding hydrogens is 339 g/mol. The summed E-state index contributed by atoms with van der Waals surface area (Å²) in [7, 11) is 0. The van der Waals surface area contributed by atoms with E-state index in [9.17, 15) is 9.59 Å². The number of carbonyl (C=O) groups excluding carboxylic acids is 2. The minimum atomic E-state index is -0.597. The number of rotatable bonds is 3. The van der Waals surface area contributed by atoms with Gasteiger partial charge in [-0.05, 0) is 32.9 Å². The SMILES string of the molecule is CC(C)(C)OC(=O)CNC(=O)c1ccc2c(Cl)cnc(Cl)c2c1. The maximum absolute atomic E-state index is 12.1. The first-order valence-electron chi connectivity index (χ1n) is 6.91. The number of benzene rings is 1. The average molecular weight is 355 g/mol. The van der Waals surface area contributed by atoms with Crippen LogP contribution >= 0.6 is 23.2 Å². The molecule has 2 aromatic rings. The molecule has 0 unspecified atom stereocenters. The van der Waals surface area contributed by atoms with E-state index in [1.54, 1.807) is 39.0 Å². The predicted octanol–water partition coefficient (Wildman–Crippen LogP) is 3.61. The molecule has 23 heavy (non-hydrogen) atoms. The molecule has 122 valence electrons. The van der Waals surface area contributed by atoms with E-state index in [2.05, 4.69) is 10.3 Å². The second-order valence-corrected chi connectivity index (χ2v) is 6.69. The third-order valence-corrected chi connectivity index (χ3v) is 3.47. The Morgan fingerprint density at radius 3 is 2.57 bits per heavy atom. The van der Waals surface area contributed by atoms with Crippen LogP contribution in [0.3, 0.4) is 0 Å². The summed E-state index contributed by atoms with van der Waals surface area (Å²) in [5, 5.41) is 4.49. The number of fused-ring (bicyclic) bond motifs is 1. The first-order chi connectivity index (χ1) is 10.7. The number of hydrogen-bond acceptors (Lipinski definition) is 4. The summed E-state index contributed by atoms with van der Waals surface area (Å²) in [5.74, 6) is -0.914. The molecule has 5 nitrogen and oxygen atoms in total. The van der Waals surface area contributed by atoms with Crippen LogP contribution in [0.5, 0.6) is 0 Å². The van der Waals surface area contributed by atoms with Crippen LogP contribution in [0, 0.1) is 0 Å². The molecule has 0 radical (unpaired) electrons. The minimum absolute atomic E-state index is 0.213. The Kier molecular flexibility index (Phi) is 5.12. The van der Waals surface area contributed by atoms with Crippen molar-refractivity contribution >= 4 is 45.9 Å². The predicted molar refractivity (Wildman–Crippen MR) is 89.9 cm³/mol. The van der Waals surface area contributed by atoms with Gasteiger partial charge in [-0.1, -0.05) is 29.3 Å². The zero-order valence-corrected chi connectivity index (χ0v) is 14.5. The molecule has 1 N–H and O–H groups in total. The van der Waals surface area contributed by atoms with Gasteiger partial charge in [-0.2, -0.15) is 0 Å². The summed E-state index contributed by atoms with van der Waals surface area (Å²) in [6.45, 7) is 5.06. The summed E-state index contributed by atoms with van der Waals surface area (Å²) < 4.78 is 5.13. The zero-order valence-electron chi connectivity index (χ0n) is 12.9. The highest BCUT2D eigenvalue weighted by molar-refractivity contribution is 6.39. The van der Waals surface area contributed by atoms with E-state index in [1.807, 2.05) is 0 Å². The Balaban J connectivity index is 2.13. The van der Waals surface area contributed by atoms with E-state index in [-0.39, 0.29) is 11.7 Å². The van der Waals surface area contributed by atoms with Gasteiger partial charge in [0.25, 0.3) is 5.91 Å². The van der Waals surface area contributed by atoms with Crippen molar-refractivity contribution in [3.8, 4) is 0 Å². The lowest BCUT2D eigenvalue weighted by molar-refractivity contribution is -0.153. The monoisotopic (exact) mass is 354 g/mol. The van der Waals surface area contributed by atoms with Gasteiger partial charge in [-0.25, -0.2) is 4.98 Å². The van der Waals surface area contributed by atoms with Gasteiger partial charge in [0.05, 0.1) is 5.02 Å². The zero-order chi connectivity index (χ0) is 17.2. The highest BCUT2D eigenvalue weighted by Gasteiger charge is 2.17. The van der Waals surface area contributed by atoms with Crippen molar-refractivity contribution in [1.29, 1.82) is 0 Å². The van der Waals surface area contributed by atoms with Gasteiger partial charge in [0, 0.05) is 22.5 Å². The Morgan fingerprint density at radius 2 is 1.91 bits per heavy atom. The number of esters is 1. The standard InChI is InChI=1S/C16H16Cl2N2O3/c1-16(2,3)23-13(21)8-20-15(22)9-4-5-10-11(6-9)14(18)19-7-12(10)17/h4-7H,8H2,1-3H3,(H,20,22). The first-order valence-corrected chi connectivity index (χ1v) is 7.67. The third-order valence-electron chi connectivity index (χ3n) is 2.87. The molecule has 0 saturated carbocycles. The quantitative estimate of drug-likeness (QED) is 0.675. The van der Waals surface area contributed by atoms with E-state index in [0.29, 0.717) is 21.4 Å². The van der Waals surface area contributed by atoms with Crippen molar-refractivity contribution in [2.24, 2.45) is 0 Å². The molecular formula is C16H16Cl2N2O3. The van der Waals surface area contributed by atoms with Gasteiger partial charge in [0.2, 0.25) is 0 Å². The van der Waals surface area contributed by atoms with Gasteiger partial charge in [0.15, 0.2) is 0 Å². The molecule has 0 saturated heterocycles. The second kappa shape index (κ2) is 6.72. The third kappa shape index (κ3) is 4.56. The average Bonchev–Trinajstić information content (AvgIpc) is 2.46. The van der Waals surface area contributed by atoms with Gasteiger partial charge >= 0.3 is 5.97 Å². The topological polar surface area (TPSA) is 68.3 Å². The fourth-order valence-corrected chi connectivity index (χ4v) is 2.37. The highest BCUT2D eigenvalue weighted by atomic mass is 35.5. The van der Waals surface area contributed by atoms with E-state index in [1.165, 1.54) is 6.20 Å². The van der Waals surface area contributed by atoms with Crippen molar-refractivity contribution in [2.45, 2.75) is 26.4 Å². The largest absolute Gasteiger partial charge is 0.459 e. The molecule has 0 atom stereocenters. The van der Waals surface area contributed by atoms with Crippen LogP contribution in [0.2, 0.25) is 10.2 Å². The van der Waals surface area contributed by atoms with E-state index in [0.717, 1.165) is 0 Å². The molecule has 1 amide bonds. The van der Waals surface area contributed by atoms with Gasteiger partial charge < -0.3 is 10.1 Å². The first kappa shape index (κ1) is 17.5. The van der Waals surface area contributed by atoms with Crippen molar-refractivity contribution in [3.05, 3.63) is 40.1 Å². The number of amides is 1. The number of nitrogens with one attached hydrogen (secondary N) is 1. The van der Waals surface area contributed by atoms with Gasteiger partial charge in [-0.3, -0.25) is 9.59 Å². The van der Waals surface area contributed by atoms with E-state index < -0.39 is 17.5 Å². The van der Waals surface area contributed by atoms with Crippen LogP contribution in [-0.4, -0.2) is 29.0 Å². The van der Waals surface area contributed by atoms with Crippen molar-refractivity contribution in [1.82, 2.24) is 10.3 Å². The lowest BCUT2D eigenvalue weighted by Crippen LogP contribution is -2.34. The normalized spacial score (nSPS) is 11.3. The van der Waals surface area contributed by atoms with Crippen LogP contribution in [0.25, 0.3) is 10.8 Å². The summed E-state index contributed by atoms with van der Waals surface area (Å²) >= 11 is 12.1. The molecule has 1 aromatic heterocycles. The molecule has 0 spiro atoms. The molecule has 1 aromatic carbocycles. The lowest BCUT2D eigenvalue weighted by atomic mass is 10.1. The molecule has 0 aliphatic rings. The summed E-state index contributed by atoms with van der Waals surface area (Å²) in [4.78, 5) is 27.7. The maximum atomic E-state index is 12.1. The van der Waals surface area contributed by atoms with Crippen LogP contribution in [0.1, 0.15) is 31.1 Å². The fraction of sp³-hybridized carbons (Fsp3) is 0.312. The second-order valence-electron chi connectivity index (χ2n) is 5.93. The van der Waals surface area contributed by atoms with Crippen LogP contribution in [0.4, 0.5) is 0 Å². The molecule has 0 aliphatic carbocycles. The van der Waals surface area contributed by atoms with Gasteiger partial charge in [0.1, 0.15) is 17.3 Å². The van der Waals surface area contributed by atoms with Crippen LogP contribution in [-0.2, 0) is 9.53 Å². The molecule has 0 aliphatic heterocycles. The lowest BCUT2D eigenvalue weighted by Gasteiger charge is -2.19. The summed E-state index contributed by atoms with van der Waals surface area (Å²) in [5.41, 5.74) is -0.243. The van der Waals surface area contributed by atoms with Crippen molar-refractivity contribution in [2.75, 3.05) is 6.54 Å². The Morgan fingerprint density at radius 1 is 1.22 bits per heavy atom. The maximum Gasteiger partial charge on any atom is 0.325 e. The number of pyridine rings is 1. The van der Waals surface area contributed by atoms with Crippen LogP contribution in [0.15, 0.2) is 24.4 Å². The van der Waals surface area contributed by atoms with Gasteiger partial charge in [-0.15, -0.1) is 0 Å².